The summed E-state index contributed by atoms with van der Waals surface area (Å²) < 4.78 is 5.14. The van der Waals surface area contributed by atoms with E-state index in [9.17, 15) is 19.5 Å². The van der Waals surface area contributed by atoms with Crippen LogP contribution in [0.4, 0.5) is 0 Å². The number of aliphatic hydroxyl groups is 1. The van der Waals surface area contributed by atoms with Gasteiger partial charge in [0.05, 0.1) is 18.6 Å². The Bertz CT molecular complexity index is 704. The van der Waals surface area contributed by atoms with E-state index >= 15 is 0 Å². The second-order valence-electron chi connectivity index (χ2n) is 7.26. The van der Waals surface area contributed by atoms with E-state index in [1.807, 2.05) is 42.5 Å². The molecule has 0 saturated heterocycles. The molecule has 29 heavy (non-hydrogen) atoms. The quantitative estimate of drug-likeness (QED) is 0.559. The molecule has 0 spiro atoms. The lowest BCUT2D eigenvalue weighted by Crippen LogP contribution is -2.42. The van der Waals surface area contributed by atoms with Gasteiger partial charge in [-0.05, 0) is 25.3 Å². The molecule has 158 valence electrons. The van der Waals surface area contributed by atoms with Gasteiger partial charge in [-0.15, -0.1) is 0 Å². The van der Waals surface area contributed by atoms with Crippen LogP contribution in [0.1, 0.15) is 38.2 Å². The Balaban J connectivity index is 2.06. The SMILES string of the molecule is C[C@H]1COC(=O)CCC=CC[C@H](CC(=O)N(CCO)Cc2ccccc2)C(=O)N1. The van der Waals surface area contributed by atoms with Gasteiger partial charge < -0.3 is 20.1 Å². The first-order valence-corrected chi connectivity index (χ1v) is 10.0. The highest BCUT2D eigenvalue weighted by molar-refractivity contribution is 5.86. The van der Waals surface area contributed by atoms with Crippen LogP contribution in [-0.4, -0.2) is 53.6 Å². The van der Waals surface area contributed by atoms with Gasteiger partial charge in [0, 0.05) is 25.9 Å². The van der Waals surface area contributed by atoms with Gasteiger partial charge >= 0.3 is 5.97 Å². The molecule has 2 amide bonds. The monoisotopic (exact) mass is 402 g/mol. The van der Waals surface area contributed by atoms with Crippen LogP contribution in [0.2, 0.25) is 0 Å². The Hall–Kier alpha value is -2.67. The van der Waals surface area contributed by atoms with Gasteiger partial charge in [0.15, 0.2) is 0 Å². The second-order valence-corrected chi connectivity index (χ2v) is 7.26. The number of carbonyl (C=O) groups excluding carboxylic acids is 3. The molecule has 0 bridgehead atoms. The Kier molecular flexibility index (Phi) is 9.37. The summed E-state index contributed by atoms with van der Waals surface area (Å²) in [5.41, 5.74) is 0.966. The number of nitrogens with one attached hydrogen (secondary N) is 1. The molecule has 2 rings (SSSR count). The van der Waals surface area contributed by atoms with Gasteiger partial charge in [-0.3, -0.25) is 14.4 Å². The predicted molar refractivity (Wildman–Crippen MR) is 109 cm³/mol. The zero-order chi connectivity index (χ0) is 21.1. The van der Waals surface area contributed by atoms with Crippen LogP contribution in [-0.2, 0) is 25.7 Å². The molecular weight excluding hydrogens is 372 g/mol. The number of nitrogens with zero attached hydrogens (tertiary/aromatic N) is 1. The van der Waals surface area contributed by atoms with Crippen molar-refractivity contribution in [1.82, 2.24) is 10.2 Å². The lowest BCUT2D eigenvalue weighted by molar-refractivity contribution is -0.145. The maximum atomic E-state index is 12.9. The number of esters is 1. The van der Waals surface area contributed by atoms with Crippen LogP contribution in [0.15, 0.2) is 42.5 Å². The fraction of sp³-hybridized carbons (Fsp3) is 0.500. The minimum atomic E-state index is -0.520. The maximum absolute atomic E-state index is 12.9. The van der Waals surface area contributed by atoms with E-state index in [2.05, 4.69) is 5.32 Å². The zero-order valence-electron chi connectivity index (χ0n) is 16.9. The maximum Gasteiger partial charge on any atom is 0.306 e. The van der Waals surface area contributed by atoms with Gasteiger partial charge in [0.1, 0.15) is 6.61 Å². The van der Waals surface area contributed by atoms with Gasteiger partial charge in [-0.2, -0.15) is 0 Å². The summed E-state index contributed by atoms with van der Waals surface area (Å²) in [6.45, 7) is 2.33. The smallest absolute Gasteiger partial charge is 0.306 e. The summed E-state index contributed by atoms with van der Waals surface area (Å²) in [7, 11) is 0. The van der Waals surface area contributed by atoms with E-state index in [1.165, 1.54) is 0 Å². The van der Waals surface area contributed by atoms with Crippen LogP contribution >= 0.6 is 0 Å². The molecule has 1 aliphatic heterocycles. The number of carbonyl (C=O) groups is 3. The number of benzene rings is 1. The highest BCUT2D eigenvalue weighted by Crippen LogP contribution is 2.16. The molecule has 2 N–H and O–H groups in total. The number of hydrogen-bond acceptors (Lipinski definition) is 5. The molecule has 1 aliphatic rings. The van der Waals surface area contributed by atoms with E-state index in [1.54, 1.807) is 11.8 Å². The first kappa shape index (κ1) is 22.6. The standard InChI is InChI=1S/C22H30N2O5/c1-17-16-29-21(27)11-7-3-6-10-19(22(28)23-17)14-20(26)24(12-13-25)15-18-8-4-2-5-9-18/h2-6,8-9,17,19,25H,7,10-16H2,1H3,(H,23,28)/t17-,19+/m0/s1. The lowest BCUT2D eigenvalue weighted by Gasteiger charge is -2.25. The Morgan fingerprint density at radius 3 is 2.72 bits per heavy atom. The topological polar surface area (TPSA) is 95.9 Å². The highest BCUT2D eigenvalue weighted by atomic mass is 16.5. The van der Waals surface area contributed by atoms with E-state index < -0.39 is 5.92 Å². The van der Waals surface area contributed by atoms with Crippen molar-refractivity contribution in [2.75, 3.05) is 19.8 Å². The molecular formula is C22H30N2O5. The number of hydrogen-bond donors (Lipinski definition) is 2. The third kappa shape index (κ3) is 8.07. The molecule has 1 aromatic rings. The lowest BCUT2D eigenvalue weighted by atomic mass is 9.98. The van der Waals surface area contributed by atoms with E-state index in [-0.39, 0.29) is 50.0 Å². The normalized spacial score (nSPS) is 20.8. The summed E-state index contributed by atoms with van der Waals surface area (Å²) in [5, 5.41) is 12.2. The molecule has 0 fully saturated rings. The van der Waals surface area contributed by atoms with Crippen LogP contribution in [0.3, 0.4) is 0 Å². The van der Waals surface area contributed by atoms with Crippen LogP contribution in [0.25, 0.3) is 0 Å². The van der Waals surface area contributed by atoms with Crippen molar-refractivity contribution in [3.05, 3.63) is 48.0 Å². The minimum Gasteiger partial charge on any atom is -0.463 e. The van der Waals surface area contributed by atoms with Crippen molar-refractivity contribution in [3.8, 4) is 0 Å². The van der Waals surface area contributed by atoms with Crippen molar-refractivity contribution in [2.24, 2.45) is 5.92 Å². The number of aliphatic hydroxyl groups excluding tert-OH is 1. The van der Waals surface area contributed by atoms with Crippen molar-refractivity contribution in [3.63, 3.8) is 0 Å². The van der Waals surface area contributed by atoms with E-state index in [4.69, 9.17) is 4.74 Å². The number of rotatable bonds is 6. The third-order valence-corrected chi connectivity index (χ3v) is 4.72. The fourth-order valence-electron chi connectivity index (χ4n) is 3.11. The van der Waals surface area contributed by atoms with Crippen molar-refractivity contribution >= 4 is 17.8 Å². The van der Waals surface area contributed by atoms with Crippen LogP contribution < -0.4 is 5.32 Å². The first-order valence-electron chi connectivity index (χ1n) is 10.0. The van der Waals surface area contributed by atoms with Gasteiger partial charge in [-0.1, -0.05) is 42.5 Å². The molecule has 0 saturated carbocycles. The highest BCUT2D eigenvalue weighted by Gasteiger charge is 2.25. The Morgan fingerprint density at radius 2 is 2.00 bits per heavy atom. The zero-order valence-corrected chi connectivity index (χ0v) is 16.9. The molecule has 2 atom stereocenters. The molecule has 7 heteroatoms. The summed E-state index contributed by atoms with van der Waals surface area (Å²) in [4.78, 5) is 38.7. The summed E-state index contributed by atoms with van der Waals surface area (Å²) in [5.74, 6) is -1.23. The molecule has 1 heterocycles. The summed E-state index contributed by atoms with van der Waals surface area (Å²) >= 11 is 0. The predicted octanol–water partition coefficient (Wildman–Crippen LogP) is 1.80. The van der Waals surface area contributed by atoms with Crippen LogP contribution in [0.5, 0.6) is 0 Å². The molecule has 0 unspecified atom stereocenters. The minimum absolute atomic E-state index is 0.0511. The Labute approximate surface area is 171 Å². The van der Waals surface area contributed by atoms with E-state index in [0.29, 0.717) is 25.8 Å². The molecule has 1 aromatic carbocycles. The number of ether oxygens (including phenoxy) is 1. The van der Waals surface area contributed by atoms with Gasteiger partial charge in [0.25, 0.3) is 0 Å². The third-order valence-electron chi connectivity index (χ3n) is 4.72. The Morgan fingerprint density at radius 1 is 1.24 bits per heavy atom. The fourth-order valence-corrected chi connectivity index (χ4v) is 3.11. The molecule has 0 aliphatic carbocycles. The van der Waals surface area contributed by atoms with Crippen molar-refractivity contribution in [1.29, 1.82) is 0 Å². The molecule has 0 aromatic heterocycles. The molecule has 7 nitrogen and oxygen atoms in total. The summed E-state index contributed by atoms with van der Waals surface area (Å²) in [6.07, 6.45) is 4.98. The summed E-state index contributed by atoms with van der Waals surface area (Å²) in [6, 6.07) is 9.22. The average Bonchev–Trinajstić information content (AvgIpc) is 2.70. The second kappa shape index (κ2) is 12.0. The van der Waals surface area contributed by atoms with Crippen molar-refractivity contribution < 1.29 is 24.2 Å². The van der Waals surface area contributed by atoms with Crippen LogP contribution in [0, 0.1) is 5.92 Å². The van der Waals surface area contributed by atoms with Crippen molar-refractivity contribution in [2.45, 2.75) is 45.2 Å². The first-order chi connectivity index (χ1) is 14.0. The number of cyclic esters (lactones) is 1. The van der Waals surface area contributed by atoms with Gasteiger partial charge in [0.2, 0.25) is 11.8 Å². The van der Waals surface area contributed by atoms with E-state index in [0.717, 1.165) is 5.56 Å². The number of allylic oxidation sites excluding steroid dienone is 2. The number of amides is 2. The van der Waals surface area contributed by atoms with Gasteiger partial charge in [-0.25, -0.2) is 0 Å². The largest absolute Gasteiger partial charge is 0.463 e. The molecule has 0 radical (unpaired) electrons. The average molecular weight is 402 g/mol.